The summed E-state index contributed by atoms with van der Waals surface area (Å²) in [4.78, 5) is 24.4. The molecule has 0 bridgehead atoms. The normalized spacial score (nSPS) is 17.0. The van der Waals surface area contributed by atoms with Gasteiger partial charge in [-0.2, -0.15) is 10.4 Å². The predicted molar refractivity (Wildman–Crippen MR) is 187 cm³/mol. The third-order valence-corrected chi connectivity index (χ3v) is 13.3. The fraction of sp³-hybridized carbons (Fsp3) is 0.571. The number of nitriles is 1. The molecule has 0 saturated heterocycles. The Morgan fingerprint density at radius 2 is 1.83 bits per heavy atom. The van der Waals surface area contributed by atoms with E-state index in [1.807, 2.05) is 39.8 Å². The lowest BCUT2D eigenvalue weighted by atomic mass is 9.83. The Morgan fingerprint density at radius 1 is 1.15 bits per heavy atom. The maximum atomic E-state index is 13.6. The van der Waals surface area contributed by atoms with Crippen molar-refractivity contribution >= 4 is 31.9 Å². The van der Waals surface area contributed by atoms with Gasteiger partial charge in [0.25, 0.3) is 0 Å². The molecule has 0 aliphatic carbocycles. The second kappa shape index (κ2) is 12.7. The lowest BCUT2D eigenvalue weighted by Gasteiger charge is -2.39. The van der Waals surface area contributed by atoms with Gasteiger partial charge in [-0.05, 0) is 89.9 Å². The Morgan fingerprint density at radius 3 is 2.43 bits per heavy atom. The first-order chi connectivity index (χ1) is 21.5. The molecule has 1 aliphatic heterocycles. The molecule has 1 aliphatic rings. The SMILES string of the molecule is Cc1cc(Nc2nccc(-c3cc(C#N)c4c(c3)[C@@](C)(CO[Si](C)(C)C(C)(C)C)CN4C(=O)OC(C)(C)C)n2)n(CCC(C)(C)O)n1. The number of nitrogens with one attached hydrogen (secondary N) is 1. The van der Waals surface area contributed by atoms with Gasteiger partial charge in [-0.15, -0.1) is 0 Å². The number of carbonyl (C=O) groups is 1. The summed E-state index contributed by atoms with van der Waals surface area (Å²) in [6, 6.07) is 9.82. The number of ether oxygens (including phenoxy) is 1. The smallest absolute Gasteiger partial charge is 0.414 e. The minimum atomic E-state index is -2.14. The minimum Gasteiger partial charge on any atom is -0.443 e. The molecule has 12 heteroatoms. The van der Waals surface area contributed by atoms with Crippen molar-refractivity contribution in [2.24, 2.45) is 0 Å². The van der Waals surface area contributed by atoms with Crippen LogP contribution in [0.5, 0.6) is 0 Å². The van der Waals surface area contributed by atoms with Gasteiger partial charge in [0, 0.05) is 42.9 Å². The molecule has 0 spiro atoms. The van der Waals surface area contributed by atoms with Crippen LogP contribution in [0.25, 0.3) is 11.3 Å². The quantitative estimate of drug-likeness (QED) is 0.224. The molecule has 254 valence electrons. The number of hydrogen-bond acceptors (Lipinski definition) is 9. The molecule has 0 saturated carbocycles. The summed E-state index contributed by atoms with van der Waals surface area (Å²) in [5, 5.41) is 28.5. The standard InChI is InChI=1S/C35H51N7O4Si/c1-23-17-28(42(40-23)16-14-34(8,9)44)39-30-37-15-13-27(38-30)24-18-25(20-36)29-26(19-24)35(10,22-45-47(11,12)33(5,6)7)21-41(29)31(43)46-32(2,3)4/h13,15,17-19,44H,14,16,21-22H2,1-12H3,(H,37,38,39)/t35-/m1/s1. The number of aromatic nitrogens is 4. The highest BCUT2D eigenvalue weighted by molar-refractivity contribution is 6.74. The largest absolute Gasteiger partial charge is 0.443 e. The van der Waals surface area contributed by atoms with Crippen molar-refractivity contribution in [3.05, 3.63) is 47.3 Å². The average Bonchev–Trinajstić information content (AvgIpc) is 3.45. The third kappa shape index (κ3) is 8.39. The number of carbonyl (C=O) groups excluding carboxylic acids is 1. The van der Waals surface area contributed by atoms with E-state index < -0.39 is 31.0 Å². The van der Waals surface area contributed by atoms with Gasteiger partial charge in [0.1, 0.15) is 17.5 Å². The Bertz CT molecular complexity index is 1670. The Hall–Kier alpha value is -3.79. The number of anilines is 3. The molecule has 3 heterocycles. The van der Waals surface area contributed by atoms with Crippen molar-refractivity contribution in [2.45, 2.75) is 117 Å². The molecule has 3 aromatic rings. The summed E-state index contributed by atoms with van der Waals surface area (Å²) in [6.07, 6.45) is 1.69. The second-order valence-electron chi connectivity index (χ2n) is 16.1. The number of nitrogens with zero attached hydrogens (tertiary/aromatic N) is 6. The van der Waals surface area contributed by atoms with Gasteiger partial charge in [0.05, 0.1) is 28.2 Å². The van der Waals surface area contributed by atoms with Crippen LogP contribution in [0.1, 0.15) is 85.6 Å². The van der Waals surface area contributed by atoms with Crippen LogP contribution >= 0.6 is 0 Å². The van der Waals surface area contributed by atoms with Crippen molar-refractivity contribution in [3.63, 3.8) is 0 Å². The molecule has 2 N–H and O–H groups in total. The molecule has 0 fully saturated rings. The number of benzene rings is 1. The van der Waals surface area contributed by atoms with E-state index in [9.17, 15) is 15.2 Å². The summed E-state index contributed by atoms with van der Waals surface area (Å²) < 4.78 is 14.3. The maximum absolute atomic E-state index is 13.6. The minimum absolute atomic E-state index is 0.00187. The highest BCUT2D eigenvalue weighted by Gasteiger charge is 2.47. The van der Waals surface area contributed by atoms with E-state index in [0.29, 0.717) is 54.8 Å². The van der Waals surface area contributed by atoms with Crippen LogP contribution in [-0.4, -0.2) is 63.6 Å². The molecule has 11 nitrogen and oxygen atoms in total. The van der Waals surface area contributed by atoms with Crippen LogP contribution < -0.4 is 10.2 Å². The monoisotopic (exact) mass is 661 g/mol. The first-order valence-corrected chi connectivity index (χ1v) is 19.0. The Kier molecular flexibility index (Phi) is 9.72. The lowest BCUT2D eigenvalue weighted by molar-refractivity contribution is 0.0574. The Labute approximate surface area is 280 Å². The zero-order chi connectivity index (χ0) is 35.2. The summed E-state index contributed by atoms with van der Waals surface area (Å²) in [5.41, 5.74) is 1.76. The number of hydrogen-bond donors (Lipinski definition) is 2. The highest BCUT2D eigenvalue weighted by atomic mass is 28.4. The van der Waals surface area contributed by atoms with Crippen LogP contribution in [0.15, 0.2) is 30.5 Å². The van der Waals surface area contributed by atoms with Gasteiger partial charge < -0.3 is 19.6 Å². The summed E-state index contributed by atoms with van der Waals surface area (Å²) in [6.45, 7) is 25.3. The average molecular weight is 662 g/mol. The summed E-state index contributed by atoms with van der Waals surface area (Å²) in [5.74, 6) is 1.07. The zero-order valence-electron chi connectivity index (χ0n) is 30.1. The fourth-order valence-electron chi connectivity index (χ4n) is 5.17. The number of rotatable bonds is 9. The van der Waals surface area contributed by atoms with Crippen molar-refractivity contribution in [1.82, 2.24) is 19.7 Å². The van der Waals surface area contributed by atoms with E-state index in [2.05, 4.69) is 62.3 Å². The van der Waals surface area contributed by atoms with Gasteiger partial charge in [-0.3, -0.25) is 4.90 Å². The van der Waals surface area contributed by atoms with E-state index in [0.717, 1.165) is 16.8 Å². The first kappa shape index (κ1) is 36.1. The molecule has 1 atom stereocenters. The lowest BCUT2D eigenvalue weighted by Crippen LogP contribution is -2.46. The molecule has 47 heavy (non-hydrogen) atoms. The molecule has 1 amide bonds. The number of aryl methyl sites for hydroxylation is 2. The predicted octanol–water partition coefficient (Wildman–Crippen LogP) is 7.46. The van der Waals surface area contributed by atoms with Crippen LogP contribution in [0.2, 0.25) is 18.1 Å². The number of aliphatic hydroxyl groups is 1. The van der Waals surface area contributed by atoms with E-state index in [1.54, 1.807) is 41.8 Å². The first-order valence-electron chi connectivity index (χ1n) is 16.1. The van der Waals surface area contributed by atoms with E-state index in [1.165, 1.54) is 0 Å². The van der Waals surface area contributed by atoms with E-state index in [4.69, 9.17) is 14.1 Å². The van der Waals surface area contributed by atoms with Crippen molar-refractivity contribution in [2.75, 3.05) is 23.4 Å². The van der Waals surface area contributed by atoms with Crippen LogP contribution in [-0.2, 0) is 21.1 Å². The van der Waals surface area contributed by atoms with Crippen LogP contribution in [0.3, 0.4) is 0 Å². The van der Waals surface area contributed by atoms with Gasteiger partial charge in [-0.1, -0.05) is 27.7 Å². The van der Waals surface area contributed by atoms with E-state index >= 15 is 0 Å². The molecular formula is C35H51N7O4Si. The molecule has 4 rings (SSSR count). The zero-order valence-corrected chi connectivity index (χ0v) is 31.1. The molecule has 0 unspecified atom stereocenters. The van der Waals surface area contributed by atoms with Gasteiger partial charge in [-0.25, -0.2) is 19.4 Å². The highest BCUT2D eigenvalue weighted by Crippen LogP contribution is 2.47. The third-order valence-electron chi connectivity index (χ3n) is 8.86. The van der Waals surface area contributed by atoms with Crippen molar-refractivity contribution in [1.29, 1.82) is 5.26 Å². The van der Waals surface area contributed by atoms with Crippen LogP contribution in [0, 0.1) is 18.3 Å². The second-order valence-corrected chi connectivity index (χ2v) is 20.9. The topological polar surface area (TPSA) is 138 Å². The van der Waals surface area contributed by atoms with Gasteiger partial charge >= 0.3 is 6.09 Å². The molecule has 1 aromatic carbocycles. The molecule has 0 radical (unpaired) electrons. The number of amides is 1. The van der Waals surface area contributed by atoms with Crippen molar-refractivity contribution < 1.29 is 19.1 Å². The van der Waals surface area contributed by atoms with Crippen LogP contribution in [0.4, 0.5) is 22.2 Å². The maximum Gasteiger partial charge on any atom is 0.414 e. The molecular weight excluding hydrogens is 611 g/mol. The summed E-state index contributed by atoms with van der Waals surface area (Å²) in [7, 11) is -2.14. The van der Waals surface area contributed by atoms with Gasteiger partial charge in [0.2, 0.25) is 5.95 Å². The Balaban J connectivity index is 1.76. The van der Waals surface area contributed by atoms with Gasteiger partial charge in [0.15, 0.2) is 8.32 Å². The molecule has 2 aromatic heterocycles. The van der Waals surface area contributed by atoms with E-state index in [-0.39, 0.29) is 5.04 Å². The fourth-order valence-corrected chi connectivity index (χ4v) is 6.29. The number of fused-ring (bicyclic) bond motifs is 1. The van der Waals surface area contributed by atoms with Crippen molar-refractivity contribution in [3.8, 4) is 17.3 Å². The summed E-state index contributed by atoms with van der Waals surface area (Å²) >= 11 is 0.